The molecule has 2 N–H and O–H groups in total. The number of aliphatic imine (C=N–C) groups is 1. The summed E-state index contributed by atoms with van der Waals surface area (Å²) in [5.41, 5.74) is 7.22. The minimum atomic E-state index is 0.429. The van der Waals surface area contributed by atoms with Crippen LogP contribution >= 0.6 is 0 Å². The van der Waals surface area contributed by atoms with Crippen LogP contribution in [0, 0.1) is 0 Å². The standard InChI is InChI=1S/C13H16N2O/c1-3-6-11(4-2)10-16-13-8-5-7-12(14)9-15-13/h3-4,6-9H,1-2,5,10,14H2/b11-6+. The molecule has 0 aromatic rings. The maximum absolute atomic E-state index is 5.61. The van der Waals surface area contributed by atoms with Gasteiger partial charge in [0.1, 0.15) is 6.61 Å². The van der Waals surface area contributed by atoms with Crippen molar-refractivity contribution < 1.29 is 4.74 Å². The summed E-state index contributed by atoms with van der Waals surface area (Å²) in [7, 11) is 0. The molecule has 0 bridgehead atoms. The zero-order valence-corrected chi connectivity index (χ0v) is 9.23. The van der Waals surface area contributed by atoms with E-state index in [4.69, 9.17) is 10.5 Å². The van der Waals surface area contributed by atoms with Crippen molar-refractivity contribution in [2.45, 2.75) is 6.42 Å². The van der Waals surface area contributed by atoms with Gasteiger partial charge in [-0.15, -0.1) is 0 Å². The summed E-state index contributed by atoms with van der Waals surface area (Å²) in [6.07, 6.45) is 11.4. The largest absolute Gasteiger partial charge is 0.473 e. The number of ether oxygens (including phenoxy) is 1. The Hall–Kier alpha value is -2.03. The number of hydrogen-bond acceptors (Lipinski definition) is 3. The molecule has 1 rings (SSSR count). The normalized spacial score (nSPS) is 15.9. The smallest absolute Gasteiger partial charge is 0.209 e. The summed E-state index contributed by atoms with van der Waals surface area (Å²) in [5.74, 6) is 0.577. The van der Waals surface area contributed by atoms with Crippen molar-refractivity contribution in [3.63, 3.8) is 0 Å². The van der Waals surface area contributed by atoms with E-state index in [2.05, 4.69) is 18.2 Å². The number of nitrogens with two attached hydrogens (primary N) is 1. The van der Waals surface area contributed by atoms with Gasteiger partial charge in [0.2, 0.25) is 5.88 Å². The Morgan fingerprint density at radius 1 is 1.50 bits per heavy atom. The Bertz CT molecular complexity index is 387. The minimum absolute atomic E-state index is 0.429. The minimum Gasteiger partial charge on any atom is -0.473 e. The molecule has 3 nitrogen and oxygen atoms in total. The van der Waals surface area contributed by atoms with Gasteiger partial charge in [-0.1, -0.05) is 37.5 Å². The third-order valence-corrected chi connectivity index (χ3v) is 1.97. The topological polar surface area (TPSA) is 47.6 Å². The highest BCUT2D eigenvalue weighted by molar-refractivity contribution is 5.78. The van der Waals surface area contributed by atoms with Gasteiger partial charge in [-0.3, -0.25) is 0 Å². The van der Waals surface area contributed by atoms with Crippen LogP contribution in [0.15, 0.2) is 65.7 Å². The van der Waals surface area contributed by atoms with Crippen molar-refractivity contribution >= 4 is 6.21 Å². The fraction of sp³-hybridized carbons (Fsp3) is 0.154. The lowest BCUT2D eigenvalue weighted by molar-refractivity contribution is 0.239. The molecule has 3 heteroatoms. The highest BCUT2D eigenvalue weighted by Crippen LogP contribution is 2.09. The molecular weight excluding hydrogens is 200 g/mol. The molecule has 84 valence electrons. The SMILES string of the molecule is C=C/C=C(\C=C)COC1=CCC=C(N)C=N1. The quantitative estimate of drug-likeness (QED) is 0.717. The molecule has 0 unspecified atom stereocenters. The van der Waals surface area contributed by atoms with Crippen molar-refractivity contribution in [1.82, 2.24) is 0 Å². The average Bonchev–Trinajstić information content (AvgIpc) is 2.49. The number of nitrogens with zero attached hydrogens (tertiary/aromatic N) is 1. The van der Waals surface area contributed by atoms with Crippen LogP contribution < -0.4 is 5.73 Å². The Balaban J connectivity index is 2.53. The fourth-order valence-electron chi connectivity index (χ4n) is 1.12. The molecule has 0 saturated heterocycles. The summed E-state index contributed by atoms with van der Waals surface area (Å²) in [4.78, 5) is 4.10. The molecule has 0 radical (unpaired) electrons. The zero-order chi connectivity index (χ0) is 11.8. The molecule has 0 saturated carbocycles. The van der Waals surface area contributed by atoms with Gasteiger partial charge >= 0.3 is 0 Å². The molecule has 0 amide bonds. The van der Waals surface area contributed by atoms with Crippen LogP contribution in [0.25, 0.3) is 0 Å². The Morgan fingerprint density at radius 3 is 3.00 bits per heavy atom. The molecule has 0 aromatic carbocycles. The van der Waals surface area contributed by atoms with Gasteiger partial charge in [-0.2, -0.15) is 0 Å². The predicted octanol–water partition coefficient (Wildman–Crippen LogP) is 2.46. The number of rotatable bonds is 5. The van der Waals surface area contributed by atoms with Gasteiger partial charge in [0.25, 0.3) is 0 Å². The van der Waals surface area contributed by atoms with Gasteiger partial charge < -0.3 is 10.5 Å². The third-order valence-electron chi connectivity index (χ3n) is 1.97. The lowest BCUT2D eigenvalue weighted by Crippen LogP contribution is -1.98. The molecule has 0 aromatic heterocycles. The van der Waals surface area contributed by atoms with E-state index in [0.29, 0.717) is 18.2 Å². The van der Waals surface area contributed by atoms with E-state index in [1.807, 2.05) is 18.2 Å². The molecule has 1 heterocycles. The van der Waals surface area contributed by atoms with Crippen molar-refractivity contribution in [3.8, 4) is 0 Å². The van der Waals surface area contributed by atoms with Gasteiger partial charge in [-0.05, 0) is 18.1 Å². The Labute approximate surface area is 96.0 Å². The summed E-state index contributed by atoms with van der Waals surface area (Å²) in [6, 6.07) is 0. The summed E-state index contributed by atoms with van der Waals surface area (Å²) >= 11 is 0. The number of allylic oxidation sites excluding steroid dienone is 5. The summed E-state index contributed by atoms with van der Waals surface area (Å²) < 4.78 is 5.50. The molecule has 0 atom stereocenters. The van der Waals surface area contributed by atoms with E-state index in [9.17, 15) is 0 Å². The highest BCUT2D eigenvalue weighted by atomic mass is 16.5. The van der Waals surface area contributed by atoms with E-state index < -0.39 is 0 Å². The maximum atomic E-state index is 5.61. The van der Waals surface area contributed by atoms with E-state index in [1.54, 1.807) is 18.4 Å². The van der Waals surface area contributed by atoms with Crippen molar-refractivity contribution in [2.75, 3.05) is 6.61 Å². The van der Waals surface area contributed by atoms with Crippen LogP contribution in [0.2, 0.25) is 0 Å². The van der Waals surface area contributed by atoms with Crippen molar-refractivity contribution in [3.05, 3.63) is 60.7 Å². The second kappa shape index (κ2) is 6.45. The van der Waals surface area contributed by atoms with Gasteiger partial charge in [0.05, 0.1) is 6.21 Å². The summed E-state index contributed by atoms with van der Waals surface area (Å²) in [5, 5.41) is 0. The first-order valence-electron chi connectivity index (χ1n) is 5.03. The molecular formula is C13H16N2O. The maximum Gasteiger partial charge on any atom is 0.209 e. The van der Waals surface area contributed by atoms with E-state index in [-0.39, 0.29) is 0 Å². The highest BCUT2D eigenvalue weighted by Gasteiger charge is 1.99. The molecule has 0 spiro atoms. The fourth-order valence-corrected chi connectivity index (χ4v) is 1.12. The monoisotopic (exact) mass is 216 g/mol. The van der Waals surface area contributed by atoms with Crippen molar-refractivity contribution in [2.24, 2.45) is 10.7 Å². The third kappa shape index (κ3) is 4.00. The second-order valence-corrected chi connectivity index (χ2v) is 3.21. The van der Waals surface area contributed by atoms with Gasteiger partial charge in [0.15, 0.2) is 0 Å². The summed E-state index contributed by atoms with van der Waals surface area (Å²) in [6.45, 7) is 7.74. The van der Waals surface area contributed by atoms with Crippen LogP contribution in [-0.2, 0) is 4.74 Å². The first kappa shape index (κ1) is 12.0. The van der Waals surface area contributed by atoms with Gasteiger partial charge in [0, 0.05) is 5.70 Å². The van der Waals surface area contributed by atoms with Crippen LogP contribution in [0.1, 0.15) is 6.42 Å². The van der Waals surface area contributed by atoms with E-state index in [0.717, 1.165) is 12.0 Å². The van der Waals surface area contributed by atoms with Crippen LogP contribution in [-0.4, -0.2) is 12.8 Å². The number of hydrogen-bond donors (Lipinski definition) is 1. The van der Waals surface area contributed by atoms with Crippen LogP contribution in [0.4, 0.5) is 0 Å². The van der Waals surface area contributed by atoms with Gasteiger partial charge in [-0.25, -0.2) is 4.99 Å². The molecule has 1 aliphatic rings. The Kier molecular flexibility index (Phi) is 4.86. The first-order valence-corrected chi connectivity index (χ1v) is 5.03. The van der Waals surface area contributed by atoms with Crippen molar-refractivity contribution in [1.29, 1.82) is 0 Å². The van der Waals surface area contributed by atoms with E-state index in [1.165, 1.54) is 0 Å². The van der Waals surface area contributed by atoms with Crippen LogP contribution in [0.5, 0.6) is 0 Å². The first-order chi connectivity index (χ1) is 7.76. The lowest BCUT2D eigenvalue weighted by atomic mass is 10.2. The zero-order valence-electron chi connectivity index (χ0n) is 9.23. The molecule has 0 fully saturated rings. The second-order valence-electron chi connectivity index (χ2n) is 3.21. The average molecular weight is 216 g/mol. The Morgan fingerprint density at radius 2 is 2.31 bits per heavy atom. The molecule has 16 heavy (non-hydrogen) atoms. The molecule has 0 aliphatic carbocycles. The van der Waals surface area contributed by atoms with E-state index >= 15 is 0 Å². The predicted molar refractivity (Wildman–Crippen MR) is 67.9 cm³/mol. The molecule has 1 aliphatic heterocycles. The lowest BCUT2D eigenvalue weighted by Gasteiger charge is -2.05. The van der Waals surface area contributed by atoms with Crippen LogP contribution in [0.3, 0.4) is 0 Å².